The molecule has 92 valence electrons. The molecule has 1 aromatic carbocycles. The van der Waals surface area contributed by atoms with Crippen molar-refractivity contribution in [3.05, 3.63) is 34.9 Å². The van der Waals surface area contributed by atoms with Gasteiger partial charge in [0.15, 0.2) is 0 Å². The molecule has 0 radical (unpaired) electrons. The molecule has 0 unspecified atom stereocenters. The highest BCUT2D eigenvalue weighted by atomic mass is 35.5. The largest absolute Gasteiger partial charge is 0.389 e. The van der Waals surface area contributed by atoms with Crippen molar-refractivity contribution in [2.24, 2.45) is 5.73 Å². The summed E-state index contributed by atoms with van der Waals surface area (Å²) < 4.78 is 35.8. The molecule has 1 rings (SSSR count). The number of halogens is 5. The molecule has 2 N–H and O–H groups in total. The number of nitrogens with two attached hydrogens (primary N) is 1. The van der Waals surface area contributed by atoms with Crippen LogP contribution in [0.1, 0.15) is 24.4 Å². The van der Waals surface area contributed by atoms with Crippen molar-refractivity contribution in [3.8, 4) is 0 Å². The van der Waals surface area contributed by atoms with E-state index in [1.807, 2.05) is 0 Å². The van der Waals surface area contributed by atoms with Gasteiger partial charge in [-0.1, -0.05) is 23.7 Å². The molecule has 0 aromatic heterocycles. The van der Waals surface area contributed by atoms with Crippen LogP contribution < -0.4 is 5.73 Å². The molecular weight excluding hydrogens is 262 g/mol. The second-order valence-corrected chi connectivity index (χ2v) is 3.75. The van der Waals surface area contributed by atoms with Gasteiger partial charge in [-0.05, 0) is 24.1 Å². The fourth-order valence-corrected chi connectivity index (χ4v) is 1.42. The normalized spacial score (nSPS) is 13.1. The van der Waals surface area contributed by atoms with Crippen LogP contribution in [0.15, 0.2) is 24.3 Å². The van der Waals surface area contributed by atoms with E-state index in [-0.39, 0.29) is 18.8 Å². The molecule has 0 aliphatic carbocycles. The Hall–Kier alpha value is -0.450. The minimum atomic E-state index is -4.16. The standard InChI is InChI=1S/C10H11ClF3N.ClH/c11-8-3-1-2-7(6-8)9(15)4-5-10(12,13)14;/h1-3,6,9H,4-5,15H2;1H/t9-;/m1./s1. The van der Waals surface area contributed by atoms with E-state index in [2.05, 4.69) is 0 Å². The molecule has 0 bridgehead atoms. The molecule has 1 aromatic rings. The second kappa shape index (κ2) is 6.33. The lowest BCUT2D eigenvalue weighted by atomic mass is 10.0. The lowest BCUT2D eigenvalue weighted by Gasteiger charge is -2.13. The van der Waals surface area contributed by atoms with E-state index < -0.39 is 18.6 Å². The first kappa shape index (κ1) is 15.6. The third-order valence-electron chi connectivity index (χ3n) is 2.02. The Kier molecular flexibility index (Phi) is 6.15. The van der Waals surface area contributed by atoms with Gasteiger partial charge in [-0.2, -0.15) is 13.2 Å². The monoisotopic (exact) mass is 273 g/mol. The third kappa shape index (κ3) is 5.58. The van der Waals surface area contributed by atoms with Crippen LogP contribution in [0, 0.1) is 0 Å². The van der Waals surface area contributed by atoms with Gasteiger partial charge in [0.05, 0.1) is 0 Å². The van der Waals surface area contributed by atoms with Gasteiger partial charge in [0, 0.05) is 17.5 Å². The Bertz CT molecular complexity index is 328. The van der Waals surface area contributed by atoms with Crippen molar-refractivity contribution >= 4 is 24.0 Å². The average molecular weight is 274 g/mol. The molecule has 0 aliphatic heterocycles. The maximum Gasteiger partial charge on any atom is 0.389 e. The van der Waals surface area contributed by atoms with Crippen molar-refractivity contribution in [2.75, 3.05) is 0 Å². The molecule has 1 atom stereocenters. The molecule has 16 heavy (non-hydrogen) atoms. The Labute approximate surface area is 103 Å². The molecule has 1 nitrogen and oxygen atoms in total. The highest BCUT2D eigenvalue weighted by molar-refractivity contribution is 6.30. The summed E-state index contributed by atoms with van der Waals surface area (Å²) in [6.07, 6.45) is -5.15. The highest BCUT2D eigenvalue weighted by Gasteiger charge is 2.27. The van der Waals surface area contributed by atoms with E-state index in [4.69, 9.17) is 17.3 Å². The smallest absolute Gasteiger partial charge is 0.324 e. The second-order valence-electron chi connectivity index (χ2n) is 3.32. The molecule has 6 heteroatoms. The van der Waals surface area contributed by atoms with Gasteiger partial charge in [-0.15, -0.1) is 12.4 Å². The molecule has 0 saturated heterocycles. The van der Waals surface area contributed by atoms with Crippen LogP contribution >= 0.6 is 24.0 Å². The molecular formula is C10H12Cl2F3N. The predicted octanol–water partition coefficient (Wildman–Crippen LogP) is 4.10. The maximum atomic E-state index is 11.9. The predicted molar refractivity (Wildman–Crippen MR) is 60.9 cm³/mol. The van der Waals surface area contributed by atoms with Crippen LogP contribution in [0.3, 0.4) is 0 Å². The maximum absolute atomic E-state index is 11.9. The van der Waals surface area contributed by atoms with Crippen LogP contribution in [-0.4, -0.2) is 6.18 Å². The topological polar surface area (TPSA) is 26.0 Å². The summed E-state index contributed by atoms with van der Waals surface area (Å²) in [6.45, 7) is 0. The highest BCUT2D eigenvalue weighted by Crippen LogP contribution is 2.27. The molecule has 0 heterocycles. The van der Waals surface area contributed by atoms with Crippen LogP contribution in [0.4, 0.5) is 13.2 Å². The van der Waals surface area contributed by atoms with Gasteiger partial charge in [0.25, 0.3) is 0 Å². The van der Waals surface area contributed by atoms with E-state index in [9.17, 15) is 13.2 Å². The number of hydrogen-bond donors (Lipinski definition) is 1. The quantitative estimate of drug-likeness (QED) is 0.882. The zero-order chi connectivity index (χ0) is 11.5. The SMILES string of the molecule is Cl.N[C@H](CCC(F)(F)F)c1cccc(Cl)c1. The van der Waals surface area contributed by atoms with Crippen molar-refractivity contribution in [1.82, 2.24) is 0 Å². The molecule has 0 spiro atoms. The van der Waals surface area contributed by atoms with Crippen LogP contribution in [0.25, 0.3) is 0 Å². The fraction of sp³-hybridized carbons (Fsp3) is 0.400. The molecule has 0 fully saturated rings. The molecule has 0 amide bonds. The Morgan fingerprint density at radius 1 is 1.31 bits per heavy atom. The summed E-state index contributed by atoms with van der Waals surface area (Å²) in [6, 6.07) is 5.97. The third-order valence-corrected chi connectivity index (χ3v) is 2.25. The van der Waals surface area contributed by atoms with Gasteiger partial charge in [-0.25, -0.2) is 0 Å². The van der Waals surface area contributed by atoms with Crippen LogP contribution in [-0.2, 0) is 0 Å². The molecule has 0 aliphatic rings. The van der Waals surface area contributed by atoms with E-state index in [1.165, 1.54) is 0 Å². The van der Waals surface area contributed by atoms with Crippen LogP contribution in [0.2, 0.25) is 5.02 Å². The number of rotatable bonds is 3. The lowest BCUT2D eigenvalue weighted by Crippen LogP contribution is -2.15. The summed E-state index contributed by atoms with van der Waals surface area (Å²) in [5.41, 5.74) is 6.24. The number of alkyl halides is 3. The van der Waals surface area contributed by atoms with E-state index in [0.29, 0.717) is 10.6 Å². The van der Waals surface area contributed by atoms with Gasteiger partial charge < -0.3 is 5.73 Å². The average Bonchev–Trinajstić information content (AvgIpc) is 2.13. The first-order chi connectivity index (χ1) is 6.88. The zero-order valence-corrected chi connectivity index (χ0v) is 9.87. The summed E-state index contributed by atoms with van der Waals surface area (Å²) in [5.74, 6) is 0. The Balaban J connectivity index is 0.00000225. The van der Waals surface area contributed by atoms with Crippen molar-refractivity contribution in [3.63, 3.8) is 0 Å². The van der Waals surface area contributed by atoms with Gasteiger partial charge in [-0.3, -0.25) is 0 Å². The van der Waals surface area contributed by atoms with Gasteiger partial charge in [0.2, 0.25) is 0 Å². The van der Waals surface area contributed by atoms with Crippen molar-refractivity contribution < 1.29 is 13.2 Å². The first-order valence-electron chi connectivity index (χ1n) is 4.46. The van der Waals surface area contributed by atoms with Crippen LogP contribution in [0.5, 0.6) is 0 Å². The van der Waals surface area contributed by atoms with Crippen molar-refractivity contribution in [2.45, 2.75) is 25.1 Å². The van der Waals surface area contributed by atoms with E-state index in [0.717, 1.165) is 0 Å². The number of benzene rings is 1. The van der Waals surface area contributed by atoms with E-state index in [1.54, 1.807) is 24.3 Å². The lowest BCUT2D eigenvalue weighted by molar-refractivity contribution is -0.136. The first-order valence-corrected chi connectivity index (χ1v) is 4.84. The summed E-state index contributed by atoms with van der Waals surface area (Å²) >= 11 is 5.70. The van der Waals surface area contributed by atoms with Crippen molar-refractivity contribution in [1.29, 1.82) is 0 Å². The van der Waals surface area contributed by atoms with E-state index >= 15 is 0 Å². The summed E-state index contributed by atoms with van der Waals surface area (Å²) in [5, 5.41) is 0.481. The molecule has 0 saturated carbocycles. The minimum absolute atomic E-state index is 0. The van der Waals surface area contributed by atoms with Gasteiger partial charge >= 0.3 is 6.18 Å². The Morgan fingerprint density at radius 2 is 1.94 bits per heavy atom. The number of hydrogen-bond acceptors (Lipinski definition) is 1. The summed E-state index contributed by atoms with van der Waals surface area (Å²) in [4.78, 5) is 0. The Morgan fingerprint density at radius 3 is 2.44 bits per heavy atom. The summed E-state index contributed by atoms with van der Waals surface area (Å²) in [7, 11) is 0. The zero-order valence-electron chi connectivity index (χ0n) is 8.30. The van der Waals surface area contributed by atoms with Gasteiger partial charge in [0.1, 0.15) is 0 Å². The minimum Gasteiger partial charge on any atom is -0.324 e. The fourth-order valence-electron chi connectivity index (χ4n) is 1.22.